The molecule has 20 heavy (non-hydrogen) atoms. The van der Waals surface area contributed by atoms with Crippen molar-refractivity contribution in [2.45, 2.75) is 13.0 Å². The SMILES string of the molecule is CCOc1ccc(NC(=O)C2CNCCO2)cc1Cl.Cl. The number of ether oxygens (including phenoxy) is 2. The molecule has 1 fully saturated rings. The summed E-state index contributed by atoms with van der Waals surface area (Å²) >= 11 is 6.06. The van der Waals surface area contributed by atoms with Gasteiger partial charge in [0.05, 0.1) is 18.2 Å². The zero-order valence-corrected chi connectivity index (χ0v) is 12.7. The van der Waals surface area contributed by atoms with Crippen molar-refractivity contribution < 1.29 is 14.3 Å². The van der Waals surface area contributed by atoms with Crippen molar-refractivity contribution >= 4 is 35.6 Å². The zero-order valence-electron chi connectivity index (χ0n) is 11.1. The monoisotopic (exact) mass is 320 g/mol. The highest BCUT2D eigenvalue weighted by molar-refractivity contribution is 6.32. The van der Waals surface area contributed by atoms with Crippen molar-refractivity contribution in [1.82, 2.24) is 5.32 Å². The van der Waals surface area contributed by atoms with Crippen LogP contribution >= 0.6 is 24.0 Å². The number of anilines is 1. The molecular formula is C13H18Cl2N2O3. The molecule has 2 N–H and O–H groups in total. The summed E-state index contributed by atoms with van der Waals surface area (Å²) in [6.45, 7) is 4.28. The molecule has 1 amide bonds. The lowest BCUT2D eigenvalue weighted by Gasteiger charge is -2.22. The van der Waals surface area contributed by atoms with Crippen LogP contribution in [-0.4, -0.2) is 38.3 Å². The van der Waals surface area contributed by atoms with Gasteiger partial charge in [0.25, 0.3) is 5.91 Å². The number of carbonyl (C=O) groups excluding carboxylic acids is 1. The first-order chi connectivity index (χ1) is 9.20. The van der Waals surface area contributed by atoms with Gasteiger partial charge in [-0.1, -0.05) is 11.6 Å². The van der Waals surface area contributed by atoms with Gasteiger partial charge in [-0.3, -0.25) is 4.79 Å². The van der Waals surface area contributed by atoms with Gasteiger partial charge in [0.2, 0.25) is 0 Å². The van der Waals surface area contributed by atoms with E-state index in [0.29, 0.717) is 36.2 Å². The van der Waals surface area contributed by atoms with Crippen molar-refractivity contribution in [3.05, 3.63) is 23.2 Å². The van der Waals surface area contributed by atoms with Gasteiger partial charge in [0.1, 0.15) is 11.9 Å². The molecule has 7 heteroatoms. The van der Waals surface area contributed by atoms with E-state index in [2.05, 4.69) is 10.6 Å². The highest BCUT2D eigenvalue weighted by Crippen LogP contribution is 2.27. The lowest BCUT2D eigenvalue weighted by Crippen LogP contribution is -2.45. The maximum absolute atomic E-state index is 11.9. The largest absolute Gasteiger partial charge is 0.492 e. The summed E-state index contributed by atoms with van der Waals surface area (Å²) in [5.41, 5.74) is 0.632. The average molecular weight is 321 g/mol. The Labute approximate surface area is 129 Å². The van der Waals surface area contributed by atoms with Crippen molar-refractivity contribution in [3.8, 4) is 5.75 Å². The van der Waals surface area contributed by atoms with E-state index in [4.69, 9.17) is 21.1 Å². The number of hydrogen-bond acceptors (Lipinski definition) is 4. The zero-order chi connectivity index (χ0) is 13.7. The van der Waals surface area contributed by atoms with Crippen LogP contribution in [0.3, 0.4) is 0 Å². The van der Waals surface area contributed by atoms with Gasteiger partial charge in [-0.05, 0) is 25.1 Å². The van der Waals surface area contributed by atoms with Crippen LogP contribution in [0.15, 0.2) is 18.2 Å². The second kappa shape index (κ2) is 8.32. The molecule has 1 aliphatic rings. The number of carbonyl (C=O) groups is 1. The smallest absolute Gasteiger partial charge is 0.254 e. The second-order valence-electron chi connectivity index (χ2n) is 4.13. The Bertz CT molecular complexity index is 451. The molecule has 0 aromatic heterocycles. The van der Waals surface area contributed by atoms with Crippen LogP contribution in [0.1, 0.15) is 6.92 Å². The van der Waals surface area contributed by atoms with Crippen molar-refractivity contribution in [1.29, 1.82) is 0 Å². The number of morpholine rings is 1. The second-order valence-corrected chi connectivity index (χ2v) is 4.54. The van der Waals surface area contributed by atoms with Crippen LogP contribution < -0.4 is 15.4 Å². The lowest BCUT2D eigenvalue weighted by molar-refractivity contribution is -0.128. The van der Waals surface area contributed by atoms with Gasteiger partial charge in [-0.15, -0.1) is 12.4 Å². The molecule has 1 atom stereocenters. The lowest BCUT2D eigenvalue weighted by atomic mass is 10.2. The Balaban J connectivity index is 0.00000200. The van der Waals surface area contributed by atoms with Crippen LogP contribution in [0.5, 0.6) is 5.75 Å². The van der Waals surface area contributed by atoms with E-state index in [0.717, 1.165) is 6.54 Å². The maximum atomic E-state index is 11.9. The summed E-state index contributed by atoms with van der Waals surface area (Å²) in [6.07, 6.45) is -0.459. The molecule has 0 saturated carbocycles. The Morgan fingerprint density at radius 2 is 2.40 bits per heavy atom. The number of nitrogens with one attached hydrogen (secondary N) is 2. The summed E-state index contributed by atoms with van der Waals surface area (Å²) in [4.78, 5) is 11.9. The van der Waals surface area contributed by atoms with Crippen molar-refractivity contribution in [2.24, 2.45) is 0 Å². The topological polar surface area (TPSA) is 59.6 Å². The molecular weight excluding hydrogens is 303 g/mol. The normalized spacial score (nSPS) is 18.0. The Morgan fingerprint density at radius 1 is 1.60 bits per heavy atom. The number of amides is 1. The fourth-order valence-corrected chi connectivity index (χ4v) is 2.04. The molecule has 1 aromatic carbocycles. The molecule has 1 heterocycles. The highest BCUT2D eigenvalue weighted by atomic mass is 35.5. The van der Waals surface area contributed by atoms with E-state index in [9.17, 15) is 4.79 Å². The first kappa shape index (κ1) is 17.0. The third kappa shape index (κ3) is 4.52. The van der Waals surface area contributed by atoms with E-state index >= 15 is 0 Å². The first-order valence-electron chi connectivity index (χ1n) is 6.26. The van der Waals surface area contributed by atoms with E-state index in [1.165, 1.54) is 0 Å². The third-order valence-corrected chi connectivity index (χ3v) is 3.01. The van der Waals surface area contributed by atoms with Crippen molar-refractivity contribution in [3.63, 3.8) is 0 Å². The van der Waals surface area contributed by atoms with Crippen molar-refractivity contribution in [2.75, 3.05) is 31.6 Å². The van der Waals surface area contributed by atoms with Crippen LogP contribution in [0, 0.1) is 0 Å². The Kier molecular flexibility index (Phi) is 7.09. The molecule has 0 radical (unpaired) electrons. The summed E-state index contributed by atoms with van der Waals surface area (Å²) in [7, 11) is 0. The molecule has 1 saturated heterocycles. The fourth-order valence-electron chi connectivity index (χ4n) is 1.81. The van der Waals surface area contributed by atoms with Gasteiger partial charge >= 0.3 is 0 Å². The number of hydrogen-bond donors (Lipinski definition) is 2. The van der Waals surface area contributed by atoms with E-state index in [1.54, 1.807) is 18.2 Å². The first-order valence-corrected chi connectivity index (χ1v) is 6.64. The summed E-state index contributed by atoms with van der Waals surface area (Å²) in [5, 5.41) is 6.36. The fraction of sp³-hybridized carbons (Fsp3) is 0.462. The molecule has 0 spiro atoms. The van der Waals surface area contributed by atoms with E-state index in [1.807, 2.05) is 6.92 Å². The highest BCUT2D eigenvalue weighted by Gasteiger charge is 2.21. The molecule has 0 aliphatic carbocycles. The molecule has 1 aromatic rings. The minimum absolute atomic E-state index is 0. The predicted molar refractivity (Wildman–Crippen MR) is 81.1 cm³/mol. The van der Waals surface area contributed by atoms with Crippen LogP contribution in [0.2, 0.25) is 5.02 Å². The molecule has 112 valence electrons. The van der Waals surface area contributed by atoms with Gasteiger partial charge in [0, 0.05) is 18.8 Å². The minimum Gasteiger partial charge on any atom is -0.492 e. The number of benzene rings is 1. The number of halogens is 2. The predicted octanol–water partition coefficient (Wildman–Crippen LogP) is 2.09. The summed E-state index contributed by atoms with van der Waals surface area (Å²) in [5.74, 6) is 0.435. The quantitative estimate of drug-likeness (QED) is 0.891. The maximum Gasteiger partial charge on any atom is 0.254 e. The molecule has 0 bridgehead atoms. The summed E-state index contributed by atoms with van der Waals surface area (Å²) in [6, 6.07) is 5.16. The average Bonchev–Trinajstić information content (AvgIpc) is 2.43. The van der Waals surface area contributed by atoms with E-state index < -0.39 is 6.10 Å². The van der Waals surface area contributed by atoms with E-state index in [-0.39, 0.29) is 18.3 Å². The molecule has 1 aliphatic heterocycles. The van der Waals surface area contributed by atoms with Crippen LogP contribution in [0.4, 0.5) is 5.69 Å². The minimum atomic E-state index is -0.459. The summed E-state index contributed by atoms with van der Waals surface area (Å²) < 4.78 is 10.7. The molecule has 5 nitrogen and oxygen atoms in total. The van der Waals surface area contributed by atoms with Gasteiger partial charge in [-0.25, -0.2) is 0 Å². The standard InChI is InChI=1S/C13H17ClN2O3.ClH/c1-2-18-11-4-3-9(7-10(11)14)16-13(17)12-8-15-5-6-19-12;/h3-4,7,12,15H,2,5-6,8H2,1H3,(H,16,17);1H. The van der Waals surface area contributed by atoms with Crippen LogP contribution in [-0.2, 0) is 9.53 Å². The van der Waals surface area contributed by atoms with Gasteiger partial charge < -0.3 is 20.1 Å². The molecule has 1 unspecified atom stereocenters. The third-order valence-electron chi connectivity index (χ3n) is 2.72. The van der Waals surface area contributed by atoms with Gasteiger partial charge in [0.15, 0.2) is 0 Å². The Morgan fingerprint density at radius 3 is 3.00 bits per heavy atom. The Hall–Kier alpha value is -1.01. The van der Waals surface area contributed by atoms with Crippen LogP contribution in [0.25, 0.3) is 0 Å². The molecule has 2 rings (SSSR count). The van der Waals surface area contributed by atoms with Gasteiger partial charge in [-0.2, -0.15) is 0 Å². The number of rotatable bonds is 4.